The Bertz CT molecular complexity index is 924. The molecule has 1 N–H and O–H groups in total. The number of allylic oxidation sites excluding steroid dienone is 2. The average molecular weight is 805 g/mol. The Labute approximate surface area is 354 Å². The van der Waals surface area contributed by atoms with Gasteiger partial charge >= 0.3 is 11.9 Å². The molecular formula is C50H96N2O5. The molecule has 0 aromatic rings. The molecule has 0 fully saturated rings. The number of hydrogen-bond donors (Lipinski definition) is 1. The summed E-state index contributed by atoms with van der Waals surface area (Å²) in [7, 11) is 0. The second-order valence-corrected chi connectivity index (χ2v) is 17.0. The van der Waals surface area contributed by atoms with Gasteiger partial charge in [0.25, 0.3) is 0 Å². The van der Waals surface area contributed by atoms with Crippen molar-refractivity contribution in [1.29, 1.82) is 0 Å². The minimum absolute atomic E-state index is 0.0163. The molecule has 0 aliphatic carbocycles. The van der Waals surface area contributed by atoms with Gasteiger partial charge in [0.15, 0.2) is 0 Å². The quantitative estimate of drug-likeness (QED) is 0.0375. The molecule has 0 aromatic carbocycles. The first-order chi connectivity index (χ1) is 27.9. The molecule has 0 bridgehead atoms. The highest BCUT2D eigenvalue weighted by Gasteiger charge is 2.20. The van der Waals surface area contributed by atoms with Gasteiger partial charge in [0.2, 0.25) is 5.91 Å². The summed E-state index contributed by atoms with van der Waals surface area (Å²) in [5.41, 5.74) is 0. The number of carbonyl (C=O) groups excluding carboxylic acids is 3. The summed E-state index contributed by atoms with van der Waals surface area (Å²) in [6, 6.07) is 0. The number of nitrogens with one attached hydrogen (secondary N) is 1. The van der Waals surface area contributed by atoms with Crippen molar-refractivity contribution in [3.63, 3.8) is 0 Å². The van der Waals surface area contributed by atoms with Crippen LogP contribution in [0.2, 0.25) is 0 Å². The first kappa shape index (κ1) is 55.1. The summed E-state index contributed by atoms with van der Waals surface area (Å²) >= 11 is 0. The lowest BCUT2D eigenvalue weighted by Crippen LogP contribution is -2.28. The van der Waals surface area contributed by atoms with Gasteiger partial charge in [0, 0.05) is 13.5 Å². The van der Waals surface area contributed by atoms with Gasteiger partial charge in [0.1, 0.15) is 0 Å². The largest absolute Gasteiger partial charge is 0.465 e. The molecule has 0 aliphatic rings. The van der Waals surface area contributed by atoms with Crippen molar-refractivity contribution in [2.45, 2.75) is 240 Å². The third kappa shape index (κ3) is 38.1. The molecule has 57 heavy (non-hydrogen) atoms. The molecule has 0 aromatic heterocycles. The third-order valence-corrected chi connectivity index (χ3v) is 11.5. The smallest absolute Gasteiger partial charge is 0.308 e. The Balaban J connectivity index is 4.56. The number of amides is 1. The summed E-state index contributed by atoms with van der Waals surface area (Å²) in [5.74, 6) is 0.219. The molecule has 0 saturated heterocycles. The SMILES string of the molecule is CC/C=C/CCC(CCCCCCCC)C(=O)OCCCCCCN(CCCCCCOC(=O)C(CCCCCC)CCCCCCCC)CCCCNC(C)=O. The van der Waals surface area contributed by atoms with Crippen LogP contribution in [0.1, 0.15) is 240 Å². The second kappa shape index (κ2) is 43.7. The maximum atomic E-state index is 13.0. The monoisotopic (exact) mass is 805 g/mol. The molecule has 7 heteroatoms. The summed E-state index contributed by atoms with van der Waals surface area (Å²) in [5, 5.41) is 2.93. The summed E-state index contributed by atoms with van der Waals surface area (Å²) < 4.78 is 11.7. The summed E-state index contributed by atoms with van der Waals surface area (Å²) in [6.45, 7) is 15.5. The predicted octanol–water partition coefficient (Wildman–Crippen LogP) is 13.9. The van der Waals surface area contributed by atoms with Crippen LogP contribution in [0.25, 0.3) is 0 Å². The molecule has 0 heterocycles. The molecule has 336 valence electrons. The molecule has 0 aliphatic heterocycles. The van der Waals surface area contributed by atoms with E-state index in [1.807, 2.05) is 0 Å². The van der Waals surface area contributed by atoms with Crippen molar-refractivity contribution < 1.29 is 23.9 Å². The molecule has 0 radical (unpaired) electrons. The minimum Gasteiger partial charge on any atom is -0.465 e. The van der Waals surface area contributed by atoms with Gasteiger partial charge in [-0.15, -0.1) is 0 Å². The van der Waals surface area contributed by atoms with Crippen molar-refractivity contribution in [1.82, 2.24) is 10.2 Å². The van der Waals surface area contributed by atoms with Crippen molar-refractivity contribution in [2.24, 2.45) is 11.8 Å². The summed E-state index contributed by atoms with van der Waals surface area (Å²) in [6.07, 6.45) is 40.9. The van der Waals surface area contributed by atoms with Crippen molar-refractivity contribution in [3.8, 4) is 0 Å². The van der Waals surface area contributed by atoms with Crippen LogP contribution in [-0.2, 0) is 23.9 Å². The van der Waals surface area contributed by atoms with E-state index in [-0.39, 0.29) is 29.7 Å². The van der Waals surface area contributed by atoms with E-state index in [9.17, 15) is 14.4 Å². The van der Waals surface area contributed by atoms with E-state index in [4.69, 9.17) is 9.47 Å². The number of ether oxygens (including phenoxy) is 2. The Hall–Kier alpha value is -1.89. The van der Waals surface area contributed by atoms with Gasteiger partial charge < -0.3 is 19.7 Å². The van der Waals surface area contributed by atoms with Gasteiger partial charge in [-0.05, 0) is 96.7 Å². The fourth-order valence-corrected chi connectivity index (χ4v) is 7.73. The van der Waals surface area contributed by atoms with Crippen LogP contribution in [0.5, 0.6) is 0 Å². The Morgan fingerprint density at radius 3 is 1.32 bits per heavy atom. The number of hydrogen-bond acceptors (Lipinski definition) is 6. The Morgan fingerprint density at radius 2 is 0.860 bits per heavy atom. The zero-order valence-electron chi connectivity index (χ0n) is 38.7. The standard InChI is InChI=1S/C50H96N2O5/c1-6-10-14-18-20-28-38-47(36-26-16-12-8-3)49(54)56-44-34-24-22-31-41-52(43-33-30-40-51-46(5)53)42-32-23-25-35-45-57-50(55)48(37-27-17-13-9-4)39-29-21-19-15-11-7-2/h12,16,47-48H,6-11,13-15,17-45H2,1-5H3,(H,51,53)/b16-12+. The van der Waals surface area contributed by atoms with Crippen LogP contribution in [0, 0.1) is 11.8 Å². The molecule has 2 atom stereocenters. The first-order valence-electron chi connectivity index (χ1n) is 24.8. The maximum Gasteiger partial charge on any atom is 0.308 e. The van der Waals surface area contributed by atoms with Gasteiger partial charge in [0.05, 0.1) is 25.0 Å². The van der Waals surface area contributed by atoms with Crippen molar-refractivity contribution in [2.75, 3.05) is 39.4 Å². The fourth-order valence-electron chi connectivity index (χ4n) is 7.73. The lowest BCUT2D eigenvalue weighted by Gasteiger charge is -2.22. The van der Waals surface area contributed by atoms with E-state index in [2.05, 4.69) is 50.1 Å². The molecule has 0 saturated carbocycles. The highest BCUT2D eigenvalue weighted by molar-refractivity contribution is 5.73. The molecule has 2 unspecified atom stereocenters. The summed E-state index contributed by atoms with van der Waals surface area (Å²) in [4.78, 5) is 39.9. The number of esters is 2. The van der Waals surface area contributed by atoms with Crippen LogP contribution in [0.4, 0.5) is 0 Å². The van der Waals surface area contributed by atoms with Gasteiger partial charge in [-0.3, -0.25) is 14.4 Å². The van der Waals surface area contributed by atoms with E-state index in [1.165, 1.54) is 83.5 Å². The molecule has 0 spiro atoms. The third-order valence-electron chi connectivity index (χ3n) is 11.5. The fraction of sp³-hybridized carbons (Fsp3) is 0.900. The predicted molar refractivity (Wildman–Crippen MR) is 244 cm³/mol. The van der Waals surface area contributed by atoms with E-state index in [0.717, 1.165) is 148 Å². The Kier molecular flexibility index (Phi) is 42.2. The van der Waals surface area contributed by atoms with Crippen LogP contribution in [-0.4, -0.2) is 62.1 Å². The lowest BCUT2D eigenvalue weighted by molar-refractivity contribution is -0.150. The van der Waals surface area contributed by atoms with Crippen LogP contribution in [0.15, 0.2) is 12.2 Å². The van der Waals surface area contributed by atoms with E-state index in [1.54, 1.807) is 6.92 Å². The van der Waals surface area contributed by atoms with Crippen LogP contribution in [0.3, 0.4) is 0 Å². The number of unbranched alkanes of at least 4 members (excludes halogenated alkanes) is 20. The minimum atomic E-state index is 0.0163. The lowest BCUT2D eigenvalue weighted by atomic mass is 9.94. The second-order valence-electron chi connectivity index (χ2n) is 17.0. The molecule has 7 nitrogen and oxygen atoms in total. The zero-order valence-corrected chi connectivity index (χ0v) is 38.7. The highest BCUT2D eigenvalue weighted by Crippen LogP contribution is 2.22. The first-order valence-corrected chi connectivity index (χ1v) is 24.8. The molecular weight excluding hydrogens is 709 g/mol. The van der Waals surface area contributed by atoms with Gasteiger partial charge in [-0.25, -0.2) is 0 Å². The van der Waals surface area contributed by atoms with Crippen LogP contribution < -0.4 is 5.32 Å². The van der Waals surface area contributed by atoms with E-state index in [0.29, 0.717) is 13.2 Å². The van der Waals surface area contributed by atoms with Crippen molar-refractivity contribution >= 4 is 17.8 Å². The zero-order chi connectivity index (χ0) is 41.9. The topological polar surface area (TPSA) is 84.9 Å². The van der Waals surface area contributed by atoms with Gasteiger partial charge in [-0.1, -0.05) is 168 Å². The number of carbonyl (C=O) groups is 3. The normalized spacial score (nSPS) is 12.7. The number of rotatable bonds is 44. The molecule has 1 amide bonds. The van der Waals surface area contributed by atoms with Crippen LogP contribution >= 0.6 is 0 Å². The highest BCUT2D eigenvalue weighted by atomic mass is 16.5. The number of nitrogens with zero attached hydrogens (tertiary/aromatic N) is 1. The average Bonchev–Trinajstić information content (AvgIpc) is 3.20. The Morgan fingerprint density at radius 1 is 0.474 bits per heavy atom. The van der Waals surface area contributed by atoms with E-state index < -0.39 is 0 Å². The van der Waals surface area contributed by atoms with E-state index >= 15 is 0 Å². The van der Waals surface area contributed by atoms with Crippen molar-refractivity contribution in [3.05, 3.63) is 12.2 Å². The molecule has 0 rings (SSSR count). The van der Waals surface area contributed by atoms with Gasteiger partial charge in [-0.2, -0.15) is 0 Å². The maximum absolute atomic E-state index is 13.0.